The van der Waals surface area contributed by atoms with Crippen molar-refractivity contribution in [2.45, 2.75) is 32.5 Å². The lowest BCUT2D eigenvalue weighted by atomic mass is 10.0. The molecule has 2 unspecified atom stereocenters. The molecule has 0 fully saturated rings. The molecule has 1 rings (SSSR count). The largest absolute Gasteiger partial charge is 0.466 e. The van der Waals surface area contributed by atoms with E-state index in [-0.39, 0.29) is 13.0 Å². The van der Waals surface area contributed by atoms with Crippen LogP contribution in [0.25, 0.3) is 0 Å². The first-order chi connectivity index (χ1) is 8.04. The van der Waals surface area contributed by atoms with Crippen LogP contribution in [-0.4, -0.2) is 28.9 Å². The molecule has 0 aliphatic heterocycles. The summed E-state index contributed by atoms with van der Waals surface area (Å²) < 4.78 is 4.71. The van der Waals surface area contributed by atoms with Crippen molar-refractivity contribution in [2.24, 2.45) is 0 Å². The molecule has 1 aromatic carbocycles. The molecule has 0 aliphatic rings. The molecule has 4 nitrogen and oxygen atoms in total. The summed E-state index contributed by atoms with van der Waals surface area (Å²) in [6.07, 6.45) is -2.42. The number of hydrogen-bond acceptors (Lipinski definition) is 4. The fourth-order valence-corrected chi connectivity index (χ4v) is 1.58. The molecule has 0 saturated carbocycles. The Bertz CT molecular complexity index is 375. The lowest BCUT2D eigenvalue weighted by Gasteiger charge is -2.17. The minimum Gasteiger partial charge on any atom is -0.466 e. The van der Waals surface area contributed by atoms with Crippen molar-refractivity contribution in [3.8, 4) is 0 Å². The number of ether oxygens (including phenoxy) is 1. The number of aliphatic hydroxyl groups is 2. The van der Waals surface area contributed by atoms with Gasteiger partial charge in [-0.15, -0.1) is 0 Å². The zero-order valence-electron chi connectivity index (χ0n) is 10.1. The van der Waals surface area contributed by atoms with Gasteiger partial charge >= 0.3 is 5.97 Å². The Kier molecular flexibility index (Phi) is 5.12. The van der Waals surface area contributed by atoms with E-state index in [4.69, 9.17) is 4.74 Å². The average molecular weight is 238 g/mol. The van der Waals surface area contributed by atoms with Gasteiger partial charge in [0.15, 0.2) is 0 Å². The van der Waals surface area contributed by atoms with E-state index in [1.165, 1.54) is 0 Å². The molecule has 2 atom stereocenters. The molecule has 0 aliphatic carbocycles. The van der Waals surface area contributed by atoms with E-state index < -0.39 is 18.2 Å². The lowest BCUT2D eigenvalue weighted by molar-refractivity contribution is -0.147. The van der Waals surface area contributed by atoms with Gasteiger partial charge in [-0.2, -0.15) is 0 Å². The summed E-state index contributed by atoms with van der Waals surface area (Å²) in [6.45, 7) is 3.86. The highest BCUT2D eigenvalue weighted by molar-refractivity contribution is 5.70. The van der Waals surface area contributed by atoms with E-state index in [2.05, 4.69) is 0 Å². The molecule has 94 valence electrons. The van der Waals surface area contributed by atoms with Gasteiger partial charge in [-0.1, -0.05) is 29.8 Å². The first-order valence-corrected chi connectivity index (χ1v) is 5.63. The highest BCUT2D eigenvalue weighted by atomic mass is 16.5. The van der Waals surface area contributed by atoms with Gasteiger partial charge in [-0.25, -0.2) is 0 Å². The van der Waals surface area contributed by atoms with Crippen LogP contribution in [0, 0.1) is 6.92 Å². The molecular weight excluding hydrogens is 220 g/mol. The van der Waals surface area contributed by atoms with Crippen molar-refractivity contribution in [1.29, 1.82) is 0 Å². The normalized spacial score (nSPS) is 14.1. The summed E-state index contributed by atoms with van der Waals surface area (Å²) in [5.74, 6) is -0.508. The van der Waals surface area contributed by atoms with Gasteiger partial charge in [0.25, 0.3) is 0 Å². The molecule has 0 aromatic heterocycles. The summed E-state index contributed by atoms with van der Waals surface area (Å²) in [6, 6.07) is 7.18. The Hall–Kier alpha value is -1.39. The van der Waals surface area contributed by atoms with Crippen molar-refractivity contribution in [3.05, 3.63) is 35.4 Å². The second-order valence-electron chi connectivity index (χ2n) is 3.94. The van der Waals surface area contributed by atoms with E-state index >= 15 is 0 Å². The quantitative estimate of drug-likeness (QED) is 0.760. The molecule has 4 heteroatoms. The maximum absolute atomic E-state index is 11.2. The topological polar surface area (TPSA) is 66.8 Å². The second kappa shape index (κ2) is 6.37. The Morgan fingerprint density at radius 1 is 1.41 bits per heavy atom. The number of carbonyl (C=O) groups excluding carboxylic acids is 1. The number of rotatable bonds is 5. The average Bonchev–Trinajstić information content (AvgIpc) is 2.28. The van der Waals surface area contributed by atoms with Crippen LogP contribution < -0.4 is 0 Å². The molecule has 0 spiro atoms. The third-order valence-corrected chi connectivity index (χ3v) is 2.43. The Labute approximate surface area is 101 Å². The Morgan fingerprint density at radius 2 is 2.12 bits per heavy atom. The molecule has 0 amide bonds. The SMILES string of the molecule is CCOC(=O)CC(O)C(O)c1cccc(C)c1. The summed E-state index contributed by atoms with van der Waals surface area (Å²) in [5.41, 5.74) is 1.59. The van der Waals surface area contributed by atoms with Crippen LogP contribution in [0.1, 0.15) is 30.6 Å². The maximum Gasteiger partial charge on any atom is 0.308 e. The van der Waals surface area contributed by atoms with Gasteiger partial charge in [-0.3, -0.25) is 4.79 Å². The molecule has 0 radical (unpaired) electrons. The molecule has 0 bridgehead atoms. The fourth-order valence-electron chi connectivity index (χ4n) is 1.58. The van der Waals surface area contributed by atoms with Gasteiger partial charge in [0.2, 0.25) is 0 Å². The summed E-state index contributed by atoms with van der Waals surface area (Å²) in [5, 5.41) is 19.6. The lowest BCUT2D eigenvalue weighted by Crippen LogP contribution is -2.23. The van der Waals surface area contributed by atoms with Gasteiger partial charge in [0.1, 0.15) is 6.10 Å². The minimum absolute atomic E-state index is 0.205. The first-order valence-electron chi connectivity index (χ1n) is 5.63. The number of aryl methyl sites for hydroxylation is 1. The molecule has 0 heterocycles. The number of benzene rings is 1. The third kappa shape index (κ3) is 4.17. The van der Waals surface area contributed by atoms with Crippen molar-refractivity contribution >= 4 is 5.97 Å². The maximum atomic E-state index is 11.2. The van der Waals surface area contributed by atoms with E-state index in [9.17, 15) is 15.0 Å². The van der Waals surface area contributed by atoms with Crippen LogP contribution in [0.5, 0.6) is 0 Å². The zero-order chi connectivity index (χ0) is 12.8. The smallest absolute Gasteiger partial charge is 0.308 e. The van der Waals surface area contributed by atoms with Gasteiger partial charge in [0, 0.05) is 0 Å². The number of aliphatic hydroxyl groups excluding tert-OH is 2. The van der Waals surface area contributed by atoms with Crippen LogP contribution in [0.15, 0.2) is 24.3 Å². The van der Waals surface area contributed by atoms with E-state index in [0.29, 0.717) is 5.56 Å². The molecule has 17 heavy (non-hydrogen) atoms. The highest BCUT2D eigenvalue weighted by Gasteiger charge is 2.21. The summed E-state index contributed by atoms with van der Waals surface area (Å²) in [4.78, 5) is 11.2. The van der Waals surface area contributed by atoms with Gasteiger partial charge in [-0.05, 0) is 19.4 Å². The summed E-state index contributed by atoms with van der Waals surface area (Å²) >= 11 is 0. The van der Waals surface area contributed by atoms with E-state index in [0.717, 1.165) is 5.56 Å². The molecule has 2 N–H and O–H groups in total. The van der Waals surface area contributed by atoms with Crippen LogP contribution >= 0.6 is 0 Å². The summed E-state index contributed by atoms with van der Waals surface area (Å²) in [7, 11) is 0. The fraction of sp³-hybridized carbons (Fsp3) is 0.462. The van der Waals surface area contributed by atoms with Crippen LogP contribution in [0.4, 0.5) is 0 Å². The molecule has 0 saturated heterocycles. The second-order valence-corrected chi connectivity index (χ2v) is 3.94. The molecular formula is C13H18O4. The Balaban J connectivity index is 2.63. The van der Waals surface area contributed by atoms with Crippen LogP contribution in [0.3, 0.4) is 0 Å². The third-order valence-electron chi connectivity index (χ3n) is 2.43. The van der Waals surface area contributed by atoms with Crippen LogP contribution in [0.2, 0.25) is 0 Å². The first kappa shape index (κ1) is 13.7. The predicted octanol–water partition coefficient (Wildman–Crippen LogP) is 1.34. The van der Waals surface area contributed by atoms with E-state index in [1.54, 1.807) is 25.1 Å². The van der Waals surface area contributed by atoms with Crippen molar-refractivity contribution < 1.29 is 19.7 Å². The minimum atomic E-state index is -1.14. The standard InChI is InChI=1S/C13H18O4/c1-3-17-12(15)8-11(14)13(16)10-6-4-5-9(2)7-10/h4-7,11,13-14,16H,3,8H2,1-2H3. The van der Waals surface area contributed by atoms with Crippen molar-refractivity contribution in [1.82, 2.24) is 0 Å². The van der Waals surface area contributed by atoms with Crippen LogP contribution in [-0.2, 0) is 9.53 Å². The molecule has 1 aromatic rings. The van der Waals surface area contributed by atoms with Crippen molar-refractivity contribution in [2.75, 3.05) is 6.61 Å². The Morgan fingerprint density at radius 3 is 2.71 bits per heavy atom. The number of carbonyl (C=O) groups is 1. The van der Waals surface area contributed by atoms with Gasteiger partial charge in [0.05, 0.1) is 19.1 Å². The monoisotopic (exact) mass is 238 g/mol. The zero-order valence-corrected chi connectivity index (χ0v) is 10.1. The predicted molar refractivity (Wildman–Crippen MR) is 63.4 cm³/mol. The van der Waals surface area contributed by atoms with E-state index in [1.807, 2.05) is 13.0 Å². The number of esters is 1. The van der Waals surface area contributed by atoms with Crippen molar-refractivity contribution in [3.63, 3.8) is 0 Å². The highest BCUT2D eigenvalue weighted by Crippen LogP contribution is 2.20. The van der Waals surface area contributed by atoms with Gasteiger partial charge < -0.3 is 14.9 Å². The number of hydrogen-bond donors (Lipinski definition) is 2.